The molecule has 0 fully saturated rings. The van der Waals surface area contributed by atoms with Gasteiger partial charge in [0.05, 0.1) is 0 Å². The standard InChI is InChI=1S/C17H26/c1-8-9-11(2)10-17-15(6)13(4)12(3)14(5)16(17)7/h9H,8,10H2,1-7H3/b11-9+. The number of allylic oxidation sites excluding steroid dienone is 2. The highest BCUT2D eigenvalue weighted by Gasteiger charge is 2.11. The van der Waals surface area contributed by atoms with Crippen molar-refractivity contribution in [3.8, 4) is 0 Å². The van der Waals surface area contributed by atoms with Crippen molar-refractivity contribution < 1.29 is 0 Å². The minimum atomic E-state index is 1.10. The summed E-state index contributed by atoms with van der Waals surface area (Å²) in [6, 6.07) is 0. The molecule has 0 radical (unpaired) electrons. The van der Waals surface area contributed by atoms with Crippen molar-refractivity contribution in [1.29, 1.82) is 0 Å². The summed E-state index contributed by atoms with van der Waals surface area (Å²) in [7, 11) is 0. The number of rotatable bonds is 3. The molecule has 0 N–H and O–H groups in total. The first-order valence-corrected chi connectivity index (χ1v) is 6.61. The molecule has 0 bridgehead atoms. The van der Waals surface area contributed by atoms with Gasteiger partial charge in [-0.15, -0.1) is 0 Å². The second-order valence-electron chi connectivity index (χ2n) is 5.24. The predicted molar refractivity (Wildman–Crippen MR) is 77.9 cm³/mol. The molecule has 0 spiro atoms. The Morgan fingerprint density at radius 3 is 1.65 bits per heavy atom. The van der Waals surface area contributed by atoms with Crippen molar-refractivity contribution in [2.75, 3.05) is 0 Å². The molecule has 1 aromatic rings. The number of hydrogen-bond donors (Lipinski definition) is 0. The maximum Gasteiger partial charge on any atom is -0.00644 e. The van der Waals surface area contributed by atoms with Gasteiger partial charge in [-0.1, -0.05) is 18.6 Å². The van der Waals surface area contributed by atoms with Crippen LogP contribution in [-0.2, 0) is 6.42 Å². The summed E-state index contributed by atoms with van der Waals surface area (Å²) in [6.07, 6.45) is 4.57. The van der Waals surface area contributed by atoms with Crippen molar-refractivity contribution in [3.05, 3.63) is 45.0 Å². The van der Waals surface area contributed by atoms with Gasteiger partial charge in [0.25, 0.3) is 0 Å². The molecular weight excluding hydrogens is 204 g/mol. The Morgan fingerprint density at radius 2 is 1.24 bits per heavy atom. The fourth-order valence-corrected chi connectivity index (χ4v) is 2.54. The minimum absolute atomic E-state index is 1.10. The van der Waals surface area contributed by atoms with Crippen LogP contribution in [0.4, 0.5) is 0 Å². The van der Waals surface area contributed by atoms with E-state index in [2.05, 4.69) is 54.5 Å². The van der Waals surface area contributed by atoms with Crippen LogP contribution < -0.4 is 0 Å². The lowest BCUT2D eigenvalue weighted by atomic mass is 9.87. The van der Waals surface area contributed by atoms with Crippen LogP contribution in [0.15, 0.2) is 11.6 Å². The van der Waals surface area contributed by atoms with Gasteiger partial charge in [-0.2, -0.15) is 0 Å². The Bertz CT molecular complexity index is 419. The smallest absolute Gasteiger partial charge is 0.00644 e. The fraction of sp³-hybridized carbons (Fsp3) is 0.529. The van der Waals surface area contributed by atoms with Gasteiger partial charge < -0.3 is 0 Å². The number of hydrogen-bond acceptors (Lipinski definition) is 0. The molecule has 0 aromatic heterocycles. The summed E-state index contributed by atoms with van der Waals surface area (Å²) in [5.74, 6) is 0. The Hall–Kier alpha value is -1.04. The van der Waals surface area contributed by atoms with Crippen LogP contribution in [-0.4, -0.2) is 0 Å². The summed E-state index contributed by atoms with van der Waals surface area (Å²) in [5.41, 5.74) is 10.4. The summed E-state index contributed by atoms with van der Waals surface area (Å²) < 4.78 is 0. The van der Waals surface area contributed by atoms with Gasteiger partial charge in [0, 0.05) is 0 Å². The van der Waals surface area contributed by atoms with Crippen LogP contribution >= 0.6 is 0 Å². The molecule has 0 saturated carbocycles. The molecule has 1 aromatic carbocycles. The molecule has 0 atom stereocenters. The third-order valence-electron chi connectivity index (χ3n) is 4.16. The highest BCUT2D eigenvalue weighted by Crippen LogP contribution is 2.27. The molecule has 0 heterocycles. The molecule has 0 saturated heterocycles. The van der Waals surface area contributed by atoms with Gasteiger partial charge in [0.2, 0.25) is 0 Å². The van der Waals surface area contributed by atoms with E-state index in [1.165, 1.54) is 39.0 Å². The van der Waals surface area contributed by atoms with E-state index < -0.39 is 0 Å². The maximum atomic E-state index is 2.34. The molecule has 0 unspecified atom stereocenters. The molecule has 0 aliphatic heterocycles. The van der Waals surface area contributed by atoms with Gasteiger partial charge >= 0.3 is 0 Å². The lowest BCUT2D eigenvalue weighted by Gasteiger charge is -2.19. The van der Waals surface area contributed by atoms with E-state index >= 15 is 0 Å². The second kappa shape index (κ2) is 5.53. The Kier molecular flexibility index (Phi) is 4.56. The Morgan fingerprint density at radius 1 is 0.824 bits per heavy atom. The summed E-state index contributed by atoms with van der Waals surface area (Å²) >= 11 is 0. The third-order valence-corrected chi connectivity index (χ3v) is 4.16. The molecule has 0 aliphatic rings. The quantitative estimate of drug-likeness (QED) is 0.632. The van der Waals surface area contributed by atoms with Crippen LogP contribution in [0.25, 0.3) is 0 Å². The van der Waals surface area contributed by atoms with Crippen molar-refractivity contribution in [2.24, 2.45) is 0 Å². The van der Waals surface area contributed by atoms with Crippen LogP contribution in [0, 0.1) is 34.6 Å². The third kappa shape index (κ3) is 2.80. The van der Waals surface area contributed by atoms with Gasteiger partial charge in [-0.05, 0) is 87.8 Å². The second-order valence-corrected chi connectivity index (χ2v) is 5.24. The molecule has 0 nitrogen and oxygen atoms in total. The molecule has 0 heteroatoms. The van der Waals surface area contributed by atoms with Gasteiger partial charge in [-0.3, -0.25) is 0 Å². The largest absolute Gasteiger partial charge is 0.0855 e. The minimum Gasteiger partial charge on any atom is -0.0855 e. The van der Waals surface area contributed by atoms with Crippen molar-refractivity contribution in [2.45, 2.75) is 61.3 Å². The first kappa shape index (κ1) is 14.0. The molecule has 0 aliphatic carbocycles. The van der Waals surface area contributed by atoms with E-state index in [1.54, 1.807) is 0 Å². The first-order chi connectivity index (χ1) is 7.90. The topological polar surface area (TPSA) is 0 Å². The van der Waals surface area contributed by atoms with Crippen molar-refractivity contribution in [1.82, 2.24) is 0 Å². The highest BCUT2D eigenvalue weighted by atomic mass is 14.2. The summed E-state index contributed by atoms with van der Waals surface area (Å²) in [4.78, 5) is 0. The lowest BCUT2D eigenvalue weighted by molar-refractivity contribution is 1.03. The van der Waals surface area contributed by atoms with E-state index in [9.17, 15) is 0 Å². The SMILES string of the molecule is CC/C=C(\C)Cc1c(C)c(C)c(C)c(C)c1C. The van der Waals surface area contributed by atoms with Crippen LogP contribution in [0.5, 0.6) is 0 Å². The average Bonchev–Trinajstić information content (AvgIpc) is 2.30. The zero-order valence-corrected chi connectivity index (χ0v) is 12.5. The van der Waals surface area contributed by atoms with E-state index in [-0.39, 0.29) is 0 Å². The zero-order valence-electron chi connectivity index (χ0n) is 12.5. The Labute approximate surface area is 107 Å². The summed E-state index contributed by atoms with van der Waals surface area (Å²) in [6.45, 7) is 15.7. The zero-order chi connectivity index (χ0) is 13.2. The first-order valence-electron chi connectivity index (χ1n) is 6.61. The molecule has 17 heavy (non-hydrogen) atoms. The van der Waals surface area contributed by atoms with Gasteiger partial charge in [0.1, 0.15) is 0 Å². The van der Waals surface area contributed by atoms with Crippen molar-refractivity contribution >= 4 is 0 Å². The van der Waals surface area contributed by atoms with Crippen LogP contribution in [0.2, 0.25) is 0 Å². The molecule has 0 amide bonds. The fourth-order valence-electron chi connectivity index (χ4n) is 2.54. The molecular formula is C17H26. The van der Waals surface area contributed by atoms with E-state index in [0.717, 1.165) is 12.8 Å². The number of benzene rings is 1. The van der Waals surface area contributed by atoms with Crippen LogP contribution in [0.1, 0.15) is 53.6 Å². The maximum absolute atomic E-state index is 2.34. The van der Waals surface area contributed by atoms with Gasteiger partial charge in [-0.25, -0.2) is 0 Å². The van der Waals surface area contributed by atoms with E-state index in [1.807, 2.05) is 0 Å². The van der Waals surface area contributed by atoms with Gasteiger partial charge in [0.15, 0.2) is 0 Å². The molecule has 1 rings (SSSR count). The summed E-state index contributed by atoms with van der Waals surface area (Å²) in [5, 5.41) is 0. The highest BCUT2D eigenvalue weighted by molar-refractivity contribution is 5.50. The van der Waals surface area contributed by atoms with Crippen LogP contribution in [0.3, 0.4) is 0 Å². The van der Waals surface area contributed by atoms with E-state index in [4.69, 9.17) is 0 Å². The monoisotopic (exact) mass is 230 g/mol. The van der Waals surface area contributed by atoms with Crippen molar-refractivity contribution in [3.63, 3.8) is 0 Å². The Balaban J connectivity index is 3.30. The molecule has 94 valence electrons. The normalized spacial score (nSPS) is 12.1. The average molecular weight is 230 g/mol. The lowest BCUT2D eigenvalue weighted by Crippen LogP contribution is -2.03. The van der Waals surface area contributed by atoms with E-state index in [0.29, 0.717) is 0 Å². The predicted octanol–water partition coefficient (Wildman–Crippen LogP) is 5.13.